The van der Waals surface area contributed by atoms with E-state index < -0.39 is 0 Å². The number of pyridine rings is 1. The van der Waals surface area contributed by atoms with Crippen LogP contribution in [0, 0.1) is 0 Å². The van der Waals surface area contributed by atoms with Crippen LogP contribution in [-0.4, -0.2) is 22.6 Å². The highest BCUT2D eigenvalue weighted by molar-refractivity contribution is 8.18. The molecule has 0 unspecified atom stereocenters. The van der Waals surface area contributed by atoms with Crippen LogP contribution in [-0.2, 0) is 11.2 Å². The van der Waals surface area contributed by atoms with Gasteiger partial charge in [-0.15, -0.1) is 11.3 Å². The van der Waals surface area contributed by atoms with E-state index in [2.05, 4.69) is 26.7 Å². The van der Waals surface area contributed by atoms with Gasteiger partial charge in [0.25, 0.3) is 5.91 Å². The molecule has 1 amide bonds. The molecule has 3 heterocycles. The van der Waals surface area contributed by atoms with E-state index in [4.69, 9.17) is 0 Å². The molecule has 0 bridgehead atoms. The van der Waals surface area contributed by atoms with E-state index in [9.17, 15) is 4.79 Å². The summed E-state index contributed by atoms with van der Waals surface area (Å²) in [6.07, 6.45) is 4.57. The van der Waals surface area contributed by atoms with E-state index in [1.165, 1.54) is 16.6 Å². The van der Waals surface area contributed by atoms with Gasteiger partial charge < -0.3 is 5.32 Å². The molecule has 1 saturated heterocycles. The second kappa shape index (κ2) is 7.21. The molecule has 1 N–H and O–H groups in total. The first kappa shape index (κ1) is 16.1. The Morgan fingerprint density at radius 1 is 1.20 bits per heavy atom. The Bertz CT molecular complexity index is 977. The third-order valence-electron chi connectivity index (χ3n) is 3.77. The summed E-state index contributed by atoms with van der Waals surface area (Å²) in [5, 5.41) is 6.64. The van der Waals surface area contributed by atoms with Gasteiger partial charge in [-0.05, 0) is 53.0 Å². The quantitative estimate of drug-likeness (QED) is 0.708. The maximum atomic E-state index is 12.2. The van der Waals surface area contributed by atoms with Crippen LogP contribution in [0.3, 0.4) is 0 Å². The lowest BCUT2D eigenvalue weighted by Gasteiger charge is -1.99. The predicted octanol–water partition coefficient (Wildman–Crippen LogP) is 4.10. The fourth-order valence-electron chi connectivity index (χ4n) is 2.56. The number of thiophene rings is 1. The maximum Gasteiger partial charge on any atom is 0.264 e. The fraction of sp³-hybridized carbons (Fsp3) is 0.105. The fourth-order valence-corrected chi connectivity index (χ4v) is 4.10. The van der Waals surface area contributed by atoms with Gasteiger partial charge >= 0.3 is 0 Å². The monoisotopic (exact) mass is 365 g/mol. The van der Waals surface area contributed by atoms with Crippen molar-refractivity contribution in [3.8, 4) is 0 Å². The molecule has 0 aliphatic carbocycles. The topological polar surface area (TPSA) is 54.4 Å². The highest BCUT2D eigenvalue weighted by Gasteiger charge is 2.23. The molecule has 1 aromatic carbocycles. The third-order valence-corrected chi connectivity index (χ3v) is 5.65. The second-order valence-corrected chi connectivity index (χ2v) is 7.60. The predicted molar refractivity (Wildman–Crippen MR) is 106 cm³/mol. The zero-order valence-corrected chi connectivity index (χ0v) is 14.9. The molecule has 1 fully saturated rings. The normalized spacial score (nSPS) is 17.5. The smallest absolute Gasteiger partial charge is 0.264 e. The molecular formula is C19H15N3OS2. The zero-order chi connectivity index (χ0) is 17.1. The molecule has 6 heteroatoms. The lowest BCUT2D eigenvalue weighted by molar-refractivity contribution is -0.115. The summed E-state index contributed by atoms with van der Waals surface area (Å²) in [4.78, 5) is 22.9. The number of nitrogens with zero attached hydrogens (tertiary/aromatic N) is 2. The van der Waals surface area contributed by atoms with Crippen molar-refractivity contribution in [2.45, 2.75) is 6.42 Å². The van der Waals surface area contributed by atoms with Crippen LogP contribution in [0.25, 0.3) is 17.0 Å². The van der Waals surface area contributed by atoms with Gasteiger partial charge in [0.2, 0.25) is 0 Å². The number of rotatable bonds is 4. The van der Waals surface area contributed by atoms with E-state index in [1.807, 2.05) is 42.5 Å². The van der Waals surface area contributed by atoms with Crippen molar-refractivity contribution < 1.29 is 4.79 Å². The lowest BCUT2D eigenvalue weighted by Crippen LogP contribution is -2.20. The summed E-state index contributed by atoms with van der Waals surface area (Å²) in [6, 6.07) is 14.1. The van der Waals surface area contributed by atoms with Crippen molar-refractivity contribution in [2.75, 3.05) is 6.54 Å². The molecule has 124 valence electrons. The van der Waals surface area contributed by atoms with Gasteiger partial charge in [-0.25, -0.2) is 0 Å². The number of nitrogens with one attached hydrogen (secondary N) is 1. The van der Waals surface area contributed by atoms with Crippen LogP contribution in [0.1, 0.15) is 10.4 Å². The molecule has 1 aliphatic rings. The van der Waals surface area contributed by atoms with Crippen molar-refractivity contribution in [3.63, 3.8) is 0 Å². The molecule has 3 aromatic rings. The van der Waals surface area contributed by atoms with Crippen LogP contribution in [0.4, 0.5) is 0 Å². The average Bonchev–Trinajstić information content (AvgIpc) is 3.25. The number of hydrogen-bond donors (Lipinski definition) is 1. The summed E-state index contributed by atoms with van der Waals surface area (Å²) in [5.41, 5.74) is 1.93. The number of hydrogen-bond acceptors (Lipinski definition) is 5. The number of benzene rings is 1. The maximum absolute atomic E-state index is 12.2. The van der Waals surface area contributed by atoms with Crippen LogP contribution in [0.2, 0.25) is 0 Å². The van der Waals surface area contributed by atoms with Gasteiger partial charge in [0.15, 0.2) is 5.17 Å². The summed E-state index contributed by atoms with van der Waals surface area (Å²) < 4.78 is 0. The number of amidine groups is 1. The number of carbonyl (C=O) groups excluding carboxylic acids is 1. The van der Waals surface area contributed by atoms with Crippen LogP contribution >= 0.6 is 23.1 Å². The first-order valence-corrected chi connectivity index (χ1v) is 9.60. The number of carbonyl (C=O) groups is 1. The molecule has 4 nitrogen and oxygen atoms in total. The Hall–Kier alpha value is -2.44. The van der Waals surface area contributed by atoms with Crippen LogP contribution in [0.5, 0.6) is 0 Å². The van der Waals surface area contributed by atoms with Crippen molar-refractivity contribution in [1.29, 1.82) is 0 Å². The Morgan fingerprint density at radius 3 is 3.04 bits per heavy atom. The SMILES string of the molecule is O=C1NC(=NCCc2cccs2)SC1=Cc1ccc2ncccc2c1. The largest absolute Gasteiger partial charge is 0.301 e. The van der Waals surface area contributed by atoms with E-state index >= 15 is 0 Å². The summed E-state index contributed by atoms with van der Waals surface area (Å²) >= 11 is 3.12. The average molecular weight is 365 g/mol. The van der Waals surface area contributed by atoms with Gasteiger partial charge in [0.1, 0.15) is 0 Å². The zero-order valence-electron chi connectivity index (χ0n) is 13.3. The molecule has 0 spiro atoms. The summed E-state index contributed by atoms with van der Waals surface area (Å²) in [5.74, 6) is -0.0915. The molecule has 1 aliphatic heterocycles. The van der Waals surface area contributed by atoms with Crippen molar-refractivity contribution >= 4 is 51.2 Å². The van der Waals surface area contributed by atoms with Crippen molar-refractivity contribution in [3.05, 3.63) is 69.4 Å². The minimum Gasteiger partial charge on any atom is -0.301 e. The molecule has 0 radical (unpaired) electrons. The van der Waals surface area contributed by atoms with E-state index in [1.54, 1.807) is 17.5 Å². The lowest BCUT2D eigenvalue weighted by atomic mass is 10.1. The van der Waals surface area contributed by atoms with E-state index in [-0.39, 0.29) is 5.91 Å². The van der Waals surface area contributed by atoms with Crippen LogP contribution in [0.15, 0.2) is 63.9 Å². The van der Waals surface area contributed by atoms with E-state index in [0.717, 1.165) is 22.9 Å². The summed E-state index contributed by atoms with van der Waals surface area (Å²) in [7, 11) is 0. The number of amides is 1. The Kier molecular flexibility index (Phi) is 4.63. The van der Waals surface area contributed by atoms with Crippen LogP contribution < -0.4 is 5.32 Å². The molecule has 4 rings (SSSR count). The number of aliphatic imine (C=N–C) groups is 1. The molecule has 25 heavy (non-hydrogen) atoms. The Balaban J connectivity index is 1.48. The Morgan fingerprint density at radius 2 is 2.16 bits per heavy atom. The molecule has 0 saturated carbocycles. The second-order valence-electron chi connectivity index (χ2n) is 5.54. The van der Waals surface area contributed by atoms with E-state index in [0.29, 0.717) is 16.6 Å². The van der Waals surface area contributed by atoms with Gasteiger partial charge in [0.05, 0.1) is 10.4 Å². The number of aromatic nitrogens is 1. The third kappa shape index (κ3) is 3.81. The summed E-state index contributed by atoms with van der Waals surface area (Å²) in [6.45, 7) is 0.679. The van der Waals surface area contributed by atoms with Gasteiger partial charge in [0, 0.05) is 29.4 Å². The highest BCUT2D eigenvalue weighted by atomic mass is 32.2. The van der Waals surface area contributed by atoms with Gasteiger partial charge in [-0.3, -0.25) is 14.8 Å². The minimum atomic E-state index is -0.0915. The molecule has 2 aromatic heterocycles. The molecular weight excluding hydrogens is 350 g/mol. The number of thioether (sulfide) groups is 1. The van der Waals surface area contributed by atoms with Crippen molar-refractivity contribution in [2.24, 2.45) is 4.99 Å². The number of fused-ring (bicyclic) bond motifs is 1. The minimum absolute atomic E-state index is 0.0915. The highest BCUT2D eigenvalue weighted by Crippen LogP contribution is 2.27. The first-order valence-electron chi connectivity index (χ1n) is 7.90. The standard InChI is InChI=1S/C19H15N3OS2/c23-18-17(12-13-5-6-16-14(11-13)3-1-8-20-16)25-19(22-18)21-9-7-15-4-2-10-24-15/h1-6,8,10-12H,7,9H2,(H,21,22,23). The van der Waals surface area contributed by atoms with Crippen molar-refractivity contribution in [1.82, 2.24) is 10.3 Å². The van der Waals surface area contributed by atoms with Gasteiger partial charge in [-0.2, -0.15) is 0 Å². The molecule has 0 atom stereocenters. The first-order chi connectivity index (χ1) is 12.3. The Labute approximate surface area is 153 Å². The van der Waals surface area contributed by atoms with Gasteiger partial charge in [-0.1, -0.05) is 18.2 Å².